The first kappa shape index (κ1) is 15.6. The molecular formula is C20H13BN4O2. The number of nitrogens with zero attached hydrogens (tertiary/aromatic N) is 3. The van der Waals surface area contributed by atoms with Gasteiger partial charge in [-0.3, -0.25) is 4.79 Å². The topological polar surface area (TPSA) is 76.7 Å². The first-order valence-corrected chi connectivity index (χ1v) is 8.46. The highest BCUT2D eigenvalue weighted by atomic mass is 16.3. The number of aromatic amines is 1. The van der Waals surface area contributed by atoms with E-state index >= 15 is 0 Å². The van der Waals surface area contributed by atoms with Gasteiger partial charge >= 0.3 is 0 Å². The van der Waals surface area contributed by atoms with Crippen molar-refractivity contribution in [2.45, 2.75) is 6.54 Å². The molecular weight excluding hydrogens is 339 g/mol. The number of benzene rings is 2. The van der Waals surface area contributed by atoms with Crippen molar-refractivity contribution >= 4 is 35.4 Å². The van der Waals surface area contributed by atoms with Crippen LogP contribution in [0.4, 0.5) is 0 Å². The molecule has 0 spiro atoms. The van der Waals surface area contributed by atoms with Gasteiger partial charge in [-0.1, -0.05) is 47.9 Å². The first-order chi connectivity index (χ1) is 13.2. The standard InChI is InChI=1S/C20H13BN4O2/c21-13-6-7-15-14(10-13)17-18(27-15)20(26)24-16(23-17)11-25-9-8-22-19(25)12-4-2-1-3-5-12/h1-10H,11H2,(H,23,24,26). The van der Waals surface area contributed by atoms with Crippen LogP contribution in [0.15, 0.2) is 70.1 Å². The highest BCUT2D eigenvalue weighted by molar-refractivity contribution is 6.33. The second-order valence-electron chi connectivity index (χ2n) is 6.29. The van der Waals surface area contributed by atoms with Crippen LogP contribution >= 0.6 is 0 Å². The summed E-state index contributed by atoms with van der Waals surface area (Å²) in [4.78, 5) is 24.3. The molecule has 0 saturated heterocycles. The van der Waals surface area contributed by atoms with Gasteiger partial charge in [-0.25, -0.2) is 9.97 Å². The lowest BCUT2D eigenvalue weighted by Gasteiger charge is -2.07. The van der Waals surface area contributed by atoms with E-state index in [4.69, 9.17) is 12.3 Å². The Morgan fingerprint density at radius 1 is 1.15 bits per heavy atom. The van der Waals surface area contributed by atoms with Gasteiger partial charge in [0.2, 0.25) is 5.58 Å². The van der Waals surface area contributed by atoms with E-state index in [1.807, 2.05) is 41.1 Å². The number of furan rings is 1. The van der Waals surface area contributed by atoms with Crippen molar-refractivity contribution in [3.8, 4) is 11.4 Å². The third-order valence-corrected chi connectivity index (χ3v) is 4.46. The van der Waals surface area contributed by atoms with Crippen molar-refractivity contribution in [3.05, 3.63) is 77.1 Å². The highest BCUT2D eigenvalue weighted by Crippen LogP contribution is 2.24. The molecule has 1 N–H and O–H groups in total. The van der Waals surface area contributed by atoms with E-state index in [-0.39, 0.29) is 11.1 Å². The van der Waals surface area contributed by atoms with Gasteiger partial charge in [0.05, 0.1) is 6.54 Å². The minimum Gasteiger partial charge on any atom is -0.449 e. The van der Waals surface area contributed by atoms with E-state index in [0.717, 1.165) is 16.8 Å². The van der Waals surface area contributed by atoms with E-state index in [0.29, 0.717) is 28.9 Å². The molecule has 0 fully saturated rings. The molecule has 128 valence electrons. The lowest BCUT2D eigenvalue weighted by Crippen LogP contribution is -2.14. The zero-order valence-corrected chi connectivity index (χ0v) is 14.2. The van der Waals surface area contributed by atoms with Crippen molar-refractivity contribution in [1.82, 2.24) is 19.5 Å². The highest BCUT2D eigenvalue weighted by Gasteiger charge is 2.14. The number of fused-ring (bicyclic) bond motifs is 3. The maximum Gasteiger partial charge on any atom is 0.294 e. The molecule has 0 aliphatic rings. The number of hydrogen-bond acceptors (Lipinski definition) is 4. The van der Waals surface area contributed by atoms with Crippen molar-refractivity contribution in [2.75, 3.05) is 0 Å². The van der Waals surface area contributed by atoms with Crippen molar-refractivity contribution in [2.24, 2.45) is 0 Å². The fourth-order valence-electron chi connectivity index (χ4n) is 3.24. The van der Waals surface area contributed by atoms with E-state index in [1.165, 1.54) is 0 Å². The summed E-state index contributed by atoms with van der Waals surface area (Å²) in [6, 6.07) is 15.1. The Morgan fingerprint density at radius 3 is 2.85 bits per heavy atom. The summed E-state index contributed by atoms with van der Waals surface area (Å²) in [6.07, 6.45) is 3.59. The molecule has 5 rings (SSSR count). The molecule has 2 radical (unpaired) electrons. The zero-order chi connectivity index (χ0) is 18.4. The van der Waals surface area contributed by atoms with E-state index in [2.05, 4.69) is 15.0 Å². The molecule has 0 atom stereocenters. The van der Waals surface area contributed by atoms with Gasteiger partial charge in [0.15, 0.2) is 0 Å². The quantitative estimate of drug-likeness (QED) is 0.506. The van der Waals surface area contributed by atoms with Crippen LogP contribution in [-0.2, 0) is 6.54 Å². The maximum absolute atomic E-state index is 12.5. The summed E-state index contributed by atoms with van der Waals surface area (Å²) in [5.74, 6) is 1.33. The van der Waals surface area contributed by atoms with E-state index < -0.39 is 0 Å². The third-order valence-electron chi connectivity index (χ3n) is 4.46. The summed E-state index contributed by atoms with van der Waals surface area (Å²) in [5, 5.41) is 0.728. The van der Waals surface area contributed by atoms with Gasteiger partial charge in [0.1, 0.15) is 30.6 Å². The second-order valence-corrected chi connectivity index (χ2v) is 6.29. The van der Waals surface area contributed by atoms with Crippen LogP contribution in [0.1, 0.15) is 5.82 Å². The van der Waals surface area contributed by atoms with Crippen molar-refractivity contribution < 1.29 is 4.42 Å². The molecule has 0 aliphatic carbocycles. The van der Waals surface area contributed by atoms with Crippen molar-refractivity contribution in [1.29, 1.82) is 0 Å². The average molecular weight is 352 g/mol. The summed E-state index contributed by atoms with van der Waals surface area (Å²) < 4.78 is 7.58. The fraction of sp³-hybridized carbons (Fsp3) is 0.0500. The van der Waals surface area contributed by atoms with Crippen LogP contribution < -0.4 is 11.0 Å². The summed E-state index contributed by atoms with van der Waals surface area (Å²) in [7, 11) is 5.88. The van der Waals surface area contributed by atoms with Crippen LogP contribution in [-0.4, -0.2) is 27.4 Å². The Bertz CT molecular complexity index is 1330. The van der Waals surface area contributed by atoms with E-state index in [9.17, 15) is 4.79 Å². The SMILES string of the molecule is [B]c1ccc2oc3c(=O)[nH]c(Cn4ccnc4-c4ccccc4)nc3c2c1. The monoisotopic (exact) mass is 352 g/mol. The molecule has 5 aromatic rings. The molecule has 0 bridgehead atoms. The molecule has 0 unspecified atom stereocenters. The number of imidazole rings is 1. The Balaban J connectivity index is 1.63. The van der Waals surface area contributed by atoms with Gasteiger partial charge in [0.25, 0.3) is 5.56 Å². The van der Waals surface area contributed by atoms with Crippen molar-refractivity contribution in [3.63, 3.8) is 0 Å². The van der Waals surface area contributed by atoms with Gasteiger partial charge in [0, 0.05) is 23.3 Å². The molecule has 3 heterocycles. The molecule has 27 heavy (non-hydrogen) atoms. The first-order valence-electron chi connectivity index (χ1n) is 8.46. The minimum atomic E-state index is -0.314. The molecule has 6 nitrogen and oxygen atoms in total. The largest absolute Gasteiger partial charge is 0.449 e. The summed E-state index contributed by atoms with van der Waals surface area (Å²) >= 11 is 0. The van der Waals surface area contributed by atoms with Crippen LogP contribution in [0.3, 0.4) is 0 Å². The molecule has 3 aromatic heterocycles. The Morgan fingerprint density at radius 2 is 2.00 bits per heavy atom. The normalized spacial score (nSPS) is 11.4. The summed E-state index contributed by atoms with van der Waals surface area (Å²) in [5.41, 5.74) is 2.57. The average Bonchev–Trinajstić information content (AvgIpc) is 3.27. The predicted molar refractivity (Wildman–Crippen MR) is 104 cm³/mol. The van der Waals surface area contributed by atoms with Gasteiger partial charge in [-0.2, -0.15) is 0 Å². The van der Waals surface area contributed by atoms with E-state index in [1.54, 1.807) is 24.4 Å². The molecule has 0 saturated carbocycles. The third kappa shape index (κ3) is 2.64. The van der Waals surface area contributed by atoms with Crippen LogP contribution in [0.5, 0.6) is 0 Å². The number of rotatable bonds is 3. The number of hydrogen-bond donors (Lipinski definition) is 1. The van der Waals surface area contributed by atoms with Crippen LogP contribution in [0.25, 0.3) is 33.5 Å². The Hall–Kier alpha value is -3.61. The number of H-pyrrole nitrogens is 1. The number of nitrogens with one attached hydrogen (secondary N) is 1. The molecule has 0 aliphatic heterocycles. The summed E-state index contributed by atoms with van der Waals surface area (Å²) in [6.45, 7) is 0.379. The number of aromatic nitrogens is 4. The molecule has 2 aromatic carbocycles. The van der Waals surface area contributed by atoms with Gasteiger partial charge in [-0.05, 0) is 6.07 Å². The maximum atomic E-state index is 12.5. The lowest BCUT2D eigenvalue weighted by molar-refractivity contribution is 0.657. The molecule has 7 heteroatoms. The van der Waals surface area contributed by atoms with Crippen LogP contribution in [0.2, 0.25) is 0 Å². The zero-order valence-electron chi connectivity index (χ0n) is 14.2. The predicted octanol–water partition coefficient (Wildman–Crippen LogP) is 2.37. The fourth-order valence-corrected chi connectivity index (χ4v) is 3.24. The van der Waals surface area contributed by atoms with Crippen LogP contribution in [0, 0.1) is 0 Å². The van der Waals surface area contributed by atoms with Gasteiger partial charge in [-0.15, -0.1) is 0 Å². The Kier molecular flexibility index (Phi) is 3.46. The minimum absolute atomic E-state index is 0.202. The Labute approximate surface area is 154 Å². The van der Waals surface area contributed by atoms with Gasteiger partial charge < -0.3 is 14.0 Å². The smallest absolute Gasteiger partial charge is 0.294 e. The second kappa shape index (κ2) is 5.98. The lowest BCUT2D eigenvalue weighted by atomic mass is 9.95. The molecule has 0 amide bonds.